The van der Waals surface area contributed by atoms with Crippen LogP contribution in [0.4, 0.5) is 0 Å². The molecule has 1 aliphatic rings. The van der Waals surface area contributed by atoms with Crippen molar-refractivity contribution >= 4 is 17.5 Å². The van der Waals surface area contributed by atoms with Gasteiger partial charge in [-0.2, -0.15) is 5.10 Å². The molecule has 1 unspecified atom stereocenters. The van der Waals surface area contributed by atoms with E-state index in [4.69, 9.17) is 4.99 Å². The monoisotopic (exact) mass is 346 g/mol. The quantitative estimate of drug-likeness (QED) is 0.528. The van der Waals surface area contributed by atoms with Crippen molar-refractivity contribution in [2.45, 2.75) is 46.6 Å². The normalized spacial score (nSPS) is 17.5. The van der Waals surface area contributed by atoms with Gasteiger partial charge in [-0.15, -0.1) is 11.8 Å². The lowest BCUT2D eigenvalue weighted by molar-refractivity contribution is 0.615. The first-order valence-electron chi connectivity index (χ1n) is 8.61. The topological polar surface area (TPSA) is 42.2 Å². The summed E-state index contributed by atoms with van der Waals surface area (Å²) in [7, 11) is 1.93. The van der Waals surface area contributed by atoms with Gasteiger partial charge < -0.3 is 5.32 Å². The van der Waals surface area contributed by atoms with Crippen LogP contribution >= 0.6 is 11.8 Å². The van der Waals surface area contributed by atoms with Crippen molar-refractivity contribution in [1.29, 1.82) is 0 Å². The summed E-state index contributed by atoms with van der Waals surface area (Å²) < 4.78 is 1.82. The second-order valence-electron chi connectivity index (χ2n) is 6.81. The van der Waals surface area contributed by atoms with Crippen LogP contribution in [-0.2, 0) is 13.6 Å². The van der Waals surface area contributed by atoms with Crippen LogP contribution in [0.5, 0.6) is 0 Å². The van der Waals surface area contributed by atoms with Crippen molar-refractivity contribution < 1.29 is 0 Å². The third-order valence-electron chi connectivity index (χ3n) is 4.62. The fraction of sp³-hybridized carbons (Fsp3) is 0.579. The van der Waals surface area contributed by atoms with Crippen molar-refractivity contribution in [3.63, 3.8) is 0 Å². The lowest BCUT2D eigenvalue weighted by atomic mass is 10.00. The predicted molar refractivity (Wildman–Crippen MR) is 105 cm³/mol. The third kappa shape index (κ3) is 5.55. The minimum atomic E-state index is 0.531. The Balaban J connectivity index is 2.13. The summed E-state index contributed by atoms with van der Waals surface area (Å²) in [6.45, 7) is 11.4. The fourth-order valence-electron chi connectivity index (χ4n) is 2.60. The molecule has 1 saturated carbocycles. The summed E-state index contributed by atoms with van der Waals surface area (Å²) in [5, 5.41) is 7.71. The van der Waals surface area contributed by atoms with Crippen molar-refractivity contribution in [3.05, 3.63) is 40.8 Å². The Morgan fingerprint density at radius 3 is 2.75 bits per heavy atom. The summed E-state index contributed by atoms with van der Waals surface area (Å²) >= 11 is 1.67. The van der Waals surface area contributed by atoms with Gasteiger partial charge in [-0.25, -0.2) is 4.99 Å². The molecular formula is C19H30N4S. The number of hydrogen-bond acceptors (Lipinski definition) is 4. The molecule has 132 valence electrons. The van der Waals surface area contributed by atoms with E-state index in [9.17, 15) is 0 Å². The Labute approximate surface area is 150 Å². The zero-order valence-electron chi connectivity index (χ0n) is 15.6. The van der Waals surface area contributed by atoms with Gasteiger partial charge in [0.2, 0.25) is 0 Å². The summed E-state index contributed by atoms with van der Waals surface area (Å²) in [6, 6.07) is 0. The molecule has 1 N–H and O–H groups in total. The average Bonchev–Trinajstić information content (AvgIpc) is 3.28. The number of allylic oxidation sites excluding steroid dienone is 1. The Kier molecular flexibility index (Phi) is 6.72. The van der Waals surface area contributed by atoms with Crippen LogP contribution in [-0.4, -0.2) is 21.7 Å². The van der Waals surface area contributed by atoms with Gasteiger partial charge in [0.05, 0.1) is 6.20 Å². The Morgan fingerprint density at radius 2 is 2.21 bits per heavy atom. The van der Waals surface area contributed by atoms with Gasteiger partial charge in [-0.1, -0.05) is 26.3 Å². The van der Waals surface area contributed by atoms with Crippen LogP contribution in [0.2, 0.25) is 0 Å². The van der Waals surface area contributed by atoms with Crippen molar-refractivity contribution in [2.75, 3.05) is 6.26 Å². The zero-order valence-corrected chi connectivity index (χ0v) is 16.4. The molecule has 0 amide bonds. The van der Waals surface area contributed by atoms with Crippen molar-refractivity contribution in [1.82, 2.24) is 15.1 Å². The molecule has 1 heterocycles. The van der Waals surface area contributed by atoms with E-state index in [1.54, 1.807) is 11.8 Å². The Bertz CT molecular complexity index is 638. The molecular weight excluding hydrogens is 316 g/mol. The molecule has 1 aromatic heterocycles. The number of rotatable bonds is 9. The van der Waals surface area contributed by atoms with E-state index in [1.807, 2.05) is 24.1 Å². The summed E-state index contributed by atoms with van der Waals surface area (Å²) in [5.41, 5.74) is 3.46. The molecule has 1 aromatic rings. The number of aromatic nitrogens is 2. The second kappa shape index (κ2) is 8.56. The maximum absolute atomic E-state index is 4.93. The number of aryl methyl sites for hydroxylation is 1. The van der Waals surface area contributed by atoms with Crippen LogP contribution in [0.1, 0.15) is 45.6 Å². The molecule has 2 rings (SSSR count). The second-order valence-corrected chi connectivity index (χ2v) is 7.71. The Morgan fingerprint density at radius 1 is 1.50 bits per heavy atom. The smallest absolute Gasteiger partial charge is 0.130 e. The Hall–Kier alpha value is -1.49. The minimum Gasteiger partial charge on any atom is -0.366 e. The molecule has 1 fully saturated rings. The molecule has 4 nitrogen and oxygen atoms in total. The van der Waals surface area contributed by atoms with Crippen molar-refractivity contribution in [2.24, 2.45) is 23.9 Å². The molecule has 0 radical (unpaired) electrons. The summed E-state index contributed by atoms with van der Waals surface area (Å²) in [5.74, 6) is 2.38. The number of hydrogen-bond donors (Lipinski definition) is 1. The largest absolute Gasteiger partial charge is 0.366 e. The van der Waals surface area contributed by atoms with E-state index in [0.29, 0.717) is 5.92 Å². The fourth-order valence-corrected chi connectivity index (χ4v) is 3.00. The number of nitrogens with one attached hydrogen (secondary N) is 1. The van der Waals surface area contributed by atoms with Crippen LogP contribution in [0.25, 0.3) is 0 Å². The van der Waals surface area contributed by atoms with E-state index in [1.165, 1.54) is 25.0 Å². The number of thioether (sulfide) groups is 1. The van der Waals surface area contributed by atoms with Gasteiger partial charge >= 0.3 is 0 Å². The average molecular weight is 347 g/mol. The predicted octanol–water partition coefficient (Wildman–Crippen LogP) is 4.52. The van der Waals surface area contributed by atoms with Gasteiger partial charge in [-0.05, 0) is 38.4 Å². The van der Waals surface area contributed by atoms with Crippen LogP contribution in [0.3, 0.4) is 0 Å². The first-order chi connectivity index (χ1) is 11.4. The molecule has 0 bridgehead atoms. The molecule has 24 heavy (non-hydrogen) atoms. The molecule has 0 spiro atoms. The van der Waals surface area contributed by atoms with Crippen molar-refractivity contribution in [3.8, 4) is 0 Å². The van der Waals surface area contributed by atoms with E-state index >= 15 is 0 Å². The number of nitrogens with zero attached hydrogens (tertiary/aromatic N) is 3. The highest BCUT2D eigenvalue weighted by Gasteiger charge is 2.24. The lowest BCUT2D eigenvalue weighted by Crippen LogP contribution is -2.17. The van der Waals surface area contributed by atoms with E-state index < -0.39 is 0 Å². The first kappa shape index (κ1) is 18.8. The highest BCUT2D eigenvalue weighted by atomic mass is 32.2. The highest BCUT2D eigenvalue weighted by Crippen LogP contribution is 2.35. The van der Waals surface area contributed by atoms with Crippen LogP contribution < -0.4 is 5.32 Å². The van der Waals surface area contributed by atoms with Gasteiger partial charge in [0.1, 0.15) is 5.82 Å². The van der Waals surface area contributed by atoms with Gasteiger partial charge in [0.15, 0.2) is 0 Å². The highest BCUT2D eigenvalue weighted by molar-refractivity contribution is 8.02. The molecule has 1 atom stereocenters. The van der Waals surface area contributed by atoms with E-state index in [0.717, 1.165) is 34.3 Å². The van der Waals surface area contributed by atoms with Crippen LogP contribution in [0, 0.1) is 11.8 Å². The maximum atomic E-state index is 4.93. The third-order valence-corrected chi connectivity index (χ3v) is 5.42. The molecule has 0 aliphatic heterocycles. The minimum absolute atomic E-state index is 0.531. The van der Waals surface area contributed by atoms with Gasteiger partial charge in [-0.3, -0.25) is 4.68 Å². The van der Waals surface area contributed by atoms with Crippen LogP contribution in [0.15, 0.2) is 40.3 Å². The zero-order chi connectivity index (χ0) is 17.7. The molecule has 0 aromatic carbocycles. The van der Waals surface area contributed by atoms with Gasteiger partial charge in [0.25, 0.3) is 0 Å². The van der Waals surface area contributed by atoms with E-state index in [2.05, 4.69) is 44.0 Å². The SMILES string of the molecule is C=C(SC)/C(C)=C(\N=C(/C)C(C)CC1CC1)NCc1cnn(C)c1. The first-order valence-corrected chi connectivity index (χ1v) is 9.83. The summed E-state index contributed by atoms with van der Waals surface area (Å²) in [4.78, 5) is 5.98. The molecule has 1 aliphatic carbocycles. The molecule has 5 heteroatoms. The molecule has 0 saturated heterocycles. The van der Waals surface area contributed by atoms with Gasteiger partial charge in [0, 0.05) is 41.5 Å². The maximum Gasteiger partial charge on any atom is 0.130 e. The van der Waals surface area contributed by atoms with E-state index in [-0.39, 0.29) is 0 Å². The standard InChI is InChI=1S/C19H30N4S/c1-13(9-17-7-8-17)15(3)22-19(14(2)16(4)24-6)20-10-18-11-21-23(5)12-18/h11-13,17,20H,4,7-10H2,1-3,5-6H3/b19-14-,22-15+. The summed E-state index contributed by atoms with van der Waals surface area (Å²) in [6.07, 6.45) is 10.00. The number of aliphatic imine (C=N–C) groups is 1. The lowest BCUT2D eigenvalue weighted by Gasteiger charge is -2.15.